The van der Waals surface area contributed by atoms with Crippen LogP contribution in [-0.4, -0.2) is 24.1 Å². The van der Waals surface area contributed by atoms with Crippen LogP contribution in [0.1, 0.15) is 13.3 Å². The van der Waals surface area contributed by atoms with E-state index in [9.17, 15) is 8.78 Å². The van der Waals surface area contributed by atoms with Crippen LogP contribution in [0.15, 0.2) is 12.3 Å². The Kier molecular flexibility index (Phi) is 3.05. The van der Waals surface area contributed by atoms with Crippen LogP contribution in [-0.2, 0) is 0 Å². The molecule has 5 heteroatoms. The summed E-state index contributed by atoms with van der Waals surface area (Å²) in [5, 5.41) is 0. The van der Waals surface area contributed by atoms with Crippen molar-refractivity contribution in [3.63, 3.8) is 0 Å². The van der Waals surface area contributed by atoms with Gasteiger partial charge in [0.2, 0.25) is 0 Å². The number of nitrogens with two attached hydrogens (primary N) is 1. The highest BCUT2D eigenvalue weighted by molar-refractivity contribution is 5.40. The number of nitrogens with zero attached hydrogens (tertiary/aromatic N) is 2. The monoisotopic (exact) mass is 227 g/mol. The summed E-state index contributed by atoms with van der Waals surface area (Å²) in [5.41, 5.74) is 5.88. The molecule has 1 saturated heterocycles. The van der Waals surface area contributed by atoms with Crippen molar-refractivity contribution in [1.82, 2.24) is 4.98 Å². The first-order chi connectivity index (χ1) is 7.58. The SMILES string of the molecule is CC1CN(c2ncc(F)cc2F)CCC1N. The molecule has 2 unspecified atom stereocenters. The molecule has 0 aromatic carbocycles. The lowest BCUT2D eigenvalue weighted by Crippen LogP contribution is -2.46. The van der Waals surface area contributed by atoms with E-state index < -0.39 is 11.6 Å². The van der Waals surface area contributed by atoms with Crippen molar-refractivity contribution >= 4 is 5.82 Å². The minimum Gasteiger partial charge on any atom is -0.354 e. The van der Waals surface area contributed by atoms with E-state index in [1.54, 1.807) is 0 Å². The third-order valence-electron chi connectivity index (χ3n) is 3.06. The van der Waals surface area contributed by atoms with E-state index in [0.29, 0.717) is 19.0 Å². The predicted molar refractivity (Wildman–Crippen MR) is 58.1 cm³/mol. The number of piperidine rings is 1. The van der Waals surface area contributed by atoms with Crippen LogP contribution >= 0.6 is 0 Å². The average molecular weight is 227 g/mol. The van der Waals surface area contributed by atoms with Crippen LogP contribution in [0.5, 0.6) is 0 Å². The van der Waals surface area contributed by atoms with Gasteiger partial charge in [-0.05, 0) is 12.3 Å². The summed E-state index contributed by atoms with van der Waals surface area (Å²) in [6, 6.07) is 1.02. The Labute approximate surface area is 93.3 Å². The highest BCUT2D eigenvalue weighted by atomic mass is 19.1. The van der Waals surface area contributed by atoms with Gasteiger partial charge in [0.05, 0.1) is 6.20 Å². The molecule has 2 atom stereocenters. The minimum absolute atomic E-state index is 0.153. The van der Waals surface area contributed by atoms with Gasteiger partial charge in [0, 0.05) is 25.2 Å². The molecule has 1 aliphatic rings. The number of pyridine rings is 1. The Morgan fingerprint density at radius 3 is 2.88 bits per heavy atom. The van der Waals surface area contributed by atoms with E-state index in [0.717, 1.165) is 18.7 Å². The topological polar surface area (TPSA) is 42.2 Å². The first-order valence-corrected chi connectivity index (χ1v) is 5.39. The molecule has 0 bridgehead atoms. The lowest BCUT2D eigenvalue weighted by atomic mass is 9.95. The van der Waals surface area contributed by atoms with Gasteiger partial charge in [-0.25, -0.2) is 13.8 Å². The van der Waals surface area contributed by atoms with Gasteiger partial charge in [-0.3, -0.25) is 0 Å². The number of anilines is 1. The van der Waals surface area contributed by atoms with Crippen molar-refractivity contribution in [3.8, 4) is 0 Å². The summed E-state index contributed by atoms with van der Waals surface area (Å²) >= 11 is 0. The maximum absolute atomic E-state index is 13.5. The van der Waals surface area contributed by atoms with E-state index in [2.05, 4.69) is 4.98 Å². The summed E-state index contributed by atoms with van der Waals surface area (Å²) in [6.07, 6.45) is 1.84. The minimum atomic E-state index is -0.650. The van der Waals surface area contributed by atoms with Crippen molar-refractivity contribution in [2.24, 2.45) is 11.7 Å². The number of aromatic nitrogens is 1. The summed E-state index contributed by atoms with van der Waals surface area (Å²) in [4.78, 5) is 5.62. The molecular formula is C11H15F2N3. The quantitative estimate of drug-likeness (QED) is 0.791. The Balaban J connectivity index is 2.18. The van der Waals surface area contributed by atoms with Crippen LogP contribution in [0.2, 0.25) is 0 Å². The molecule has 1 aromatic rings. The van der Waals surface area contributed by atoms with Crippen molar-refractivity contribution in [1.29, 1.82) is 0 Å². The molecule has 2 heterocycles. The highest BCUT2D eigenvalue weighted by Crippen LogP contribution is 2.23. The average Bonchev–Trinajstić information content (AvgIpc) is 2.22. The highest BCUT2D eigenvalue weighted by Gasteiger charge is 2.25. The molecule has 2 rings (SSSR count). The van der Waals surface area contributed by atoms with Gasteiger partial charge in [-0.1, -0.05) is 6.92 Å². The molecule has 3 nitrogen and oxygen atoms in total. The van der Waals surface area contributed by atoms with E-state index >= 15 is 0 Å². The molecule has 1 aliphatic heterocycles. The zero-order valence-electron chi connectivity index (χ0n) is 9.16. The van der Waals surface area contributed by atoms with Gasteiger partial charge in [-0.15, -0.1) is 0 Å². The molecule has 0 amide bonds. The summed E-state index contributed by atoms with van der Waals surface area (Å²) in [5.74, 6) is -0.745. The second-order valence-corrected chi connectivity index (χ2v) is 4.33. The summed E-state index contributed by atoms with van der Waals surface area (Å²) in [7, 11) is 0. The lowest BCUT2D eigenvalue weighted by molar-refractivity contribution is 0.378. The molecule has 1 fully saturated rings. The Bertz CT molecular complexity index is 383. The summed E-state index contributed by atoms with van der Waals surface area (Å²) in [6.45, 7) is 3.36. The Morgan fingerprint density at radius 1 is 1.50 bits per heavy atom. The fourth-order valence-corrected chi connectivity index (χ4v) is 2.00. The maximum Gasteiger partial charge on any atom is 0.168 e. The first-order valence-electron chi connectivity index (χ1n) is 5.39. The van der Waals surface area contributed by atoms with E-state index in [1.807, 2.05) is 11.8 Å². The molecule has 0 saturated carbocycles. The van der Waals surface area contributed by atoms with Crippen LogP contribution in [0.3, 0.4) is 0 Å². The first kappa shape index (κ1) is 11.3. The molecule has 2 N–H and O–H groups in total. The number of rotatable bonds is 1. The van der Waals surface area contributed by atoms with Crippen molar-refractivity contribution < 1.29 is 8.78 Å². The normalized spacial score (nSPS) is 25.9. The fraction of sp³-hybridized carbons (Fsp3) is 0.545. The number of hydrogen-bond donors (Lipinski definition) is 1. The van der Waals surface area contributed by atoms with Gasteiger partial charge < -0.3 is 10.6 Å². The lowest BCUT2D eigenvalue weighted by Gasteiger charge is -2.35. The predicted octanol–water partition coefficient (Wildman–Crippen LogP) is 1.53. The van der Waals surface area contributed by atoms with Gasteiger partial charge in [0.25, 0.3) is 0 Å². The van der Waals surface area contributed by atoms with Gasteiger partial charge in [0.15, 0.2) is 11.6 Å². The third kappa shape index (κ3) is 2.14. The van der Waals surface area contributed by atoms with Crippen molar-refractivity contribution in [3.05, 3.63) is 23.9 Å². The molecule has 0 spiro atoms. The van der Waals surface area contributed by atoms with Crippen LogP contribution in [0, 0.1) is 17.6 Å². The Hall–Kier alpha value is -1.23. The largest absolute Gasteiger partial charge is 0.354 e. The molecule has 0 aliphatic carbocycles. The van der Waals surface area contributed by atoms with E-state index in [1.165, 1.54) is 0 Å². The van der Waals surface area contributed by atoms with Crippen LogP contribution < -0.4 is 10.6 Å². The van der Waals surface area contributed by atoms with Gasteiger partial charge in [-0.2, -0.15) is 0 Å². The van der Waals surface area contributed by atoms with E-state index in [4.69, 9.17) is 5.73 Å². The zero-order chi connectivity index (χ0) is 11.7. The third-order valence-corrected chi connectivity index (χ3v) is 3.06. The Morgan fingerprint density at radius 2 is 2.25 bits per heavy atom. The maximum atomic E-state index is 13.5. The molecular weight excluding hydrogens is 212 g/mol. The van der Waals surface area contributed by atoms with E-state index in [-0.39, 0.29) is 11.9 Å². The fourth-order valence-electron chi connectivity index (χ4n) is 2.00. The number of halogens is 2. The van der Waals surface area contributed by atoms with Crippen LogP contribution in [0.4, 0.5) is 14.6 Å². The zero-order valence-corrected chi connectivity index (χ0v) is 9.16. The van der Waals surface area contributed by atoms with Crippen LogP contribution in [0.25, 0.3) is 0 Å². The second kappa shape index (κ2) is 4.33. The molecule has 0 radical (unpaired) electrons. The molecule has 16 heavy (non-hydrogen) atoms. The van der Waals surface area contributed by atoms with Crippen molar-refractivity contribution in [2.45, 2.75) is 19.4 Å². The summed E-state index contributed by atoms with van der Waals surface area (Å²) < 4.78 is 26.2. The standard InChI is InChI=1S/C11H15F2N3/c1-7-6-16(3-2-10(7)14)11-9(13)4-8(12)5-15-11/h4-5,7,10H,2-3,6,14H2,1H3. The molecule has 88 valence electrons. The molecule has 1 aromatic heterocycles. The number of hydrogen-bond acceptors (Lipinski definition) is 3. The van der Waals surface area contributed by atoms with Gasteiger partial charge >= 0.3 is 0 Å². The smallest absolute Gasteiger partial charge is 0.168 e. The second-order valence-electron chi connectivity index (χ2n) is 4.33. The van der Waals surface area contributed by atoms with Gasteiger partial charge in [0.1, 0.15) is 5.82 Å². The van der Waals surface area contributed by atoms with Crippen molar-refractivity contribution in [2.75, 3.05) is 18.0 Å².